The normalized spacial score (nSPS) is 14.7. The molecule has 1 N–H and O–H groups in total. The zero-order valence-electron chi connectivity index (χ0n) is 17.1. The van der Waals surface area contributed by atoms with Crippen molar-refractivity contribution >= 4 is 17.3 Å². The minimum Gasteiger partial charge on any atom is -0.370 e. The van der Waals surface area contributed by atoms with E-state index in [0.717, 1.165) is 63.1 Å². The Labute approximate surface area is 163 Å². The largest absolute Gasteiger partial charge is 0.370 e. The maximum absolute atomic E-state index is 4.67. The van der Waals surface area contributed by atoms with Gasteiger partial charge in [0.25, 0.3) is 0 Å². The van der Waals surface area contributed by atoms with Gasteiger partial charge >= 0.3 is 0 Å². The standard InChI is InChI=1S/C21H32N6/c1-17-7-5-8-19(15-17)26-11-13-27(14-12-26)21-16-20(23-18(2)24-21)22-9-6-10-25(3)4/h5,7-8,15-16H,6,9-14H2,1-4H3,(H,22,23,24). The van der Waals surface area contributed by atoms with Crippen molar-refractivity contribution in [3.63, 3.8) is 0 Å². The van der Waals surface area contributed by atoms with Crippen molar-refractivity contribution < 1.29 is 0 Å². The first-order valence-electron chi connectivity index (χ1n) is 9.82. The fourth-order valence-electron chi connectivity index (χ4n) is 3.43. The predicted octanol–water partition coefficient (Wildman–Crippen LogP) is 2.78. The van der Waals surface area contributed by atoms with Gasteiger partial charge in [0.2, 0.25) is 0 Å². The van der Waals surface area contributed by atoms with Crippen LogP contribution in [0.4, 0.5) is 17.3 Å². The van der Waals surface area contributed by atoms with Gasteiger partial charge in [0.1, 0.15) is 17.5 Å². The number of benzene rings is 1. The van der Waals surface area contributed by atoms with Crippen LogP contribution in [-0.4, -0.2) is 68.2 Å². The van der Waals surface area contributed by atoms with E-state index in [1.165, 1.54) is 11.3 Å². The number of aryl methyl sites for hydroxylation is 2. The lowest BCUT2D eigenvalue weighted by atomic mass is 10.2. The topological polar surface area (TPSA) is 47.5 Å². The van der Waals surface area contributed by atoms with Crippen LogP contribution >= 0.6 is 0 Å². The smallest absolute Gasteiger partial charge is 0.134 e. The number of nitrogens with one attached hydrogen (secondary N) is 1. The predicted molar refractivity (Wildman–Crippen MR) is 114 cm³/mol. The molecule has 2 heterocycles. The second-order valence-corrected chi connectivity index (χ2v) is 7.56. The quantitative estimate of drug-likeness (QED) is 0.759. The number of hydrogen-bond donors (Lipinski definition) is 1. The average molecular weight is 369 g/mol. The average Bonchev–Trinajstić information content (AvgIpc) is 2.65. The Morgan fingerprint density at radius 1 is 1.00 bits per heavy atom. The number of piperazine rings is 1. The van der Waals surface area contributed by atoms with Crippen LogP contribution in [-0.2, 0) is 0 Å². The van der Waals surface area contributed by atoms with E-state index in [1.807, 2.05) is 6.92 Å². The summed E-state index contributed by atoms with van der Waals surface area (Å²) in [5.41, 5.74) is 2.63. The molecule has 1 aromatic carbocycles. The van der Waals surface area contributed by atoms with Crippen LogP contribution in [0.25, 0.3) is 0 Å². The van der Waals surface area contributed by atoms with Gasteiger partial charge in [-0.05, 0) is 58.6 Å². The molecule has 1 aliphatic rings. The molecule has 0 amide bonds. The van der Waals surface area contributed by atoms with E-state index >= 15 is 0 Å². The van der Waals surface area contributed by atoms with Gasteiger partial charge in [-0.2, -0.15) is 0 Å². The first-order valence-corrected chi connectivity index (χ1v) is 9.82. The second-order valence-electron chi connectivity index (χ2n) is 7.56. The second kappa shape index (κ2) is 9.04. The Hall–Kier alpha value is -2.34. The summed E-state index contributed by atoms with van der Waals surface area (Å²) in [4.78, 5) is 16.2. The van der Waals surface area contributed by atoms with Crippen LogP contribution < -0.4 is 15.1 Å². The Balaban J connectivity index is 1.58. The Morgan fingerprint density at radius 2 is 1.74 bits per heavy atom. The first-order chi connectivity index (χ1) is 13.0. The molecule has 0 atom stereocenters. The highest BCUT2D eigenvalue weighted by molar-refractivity contribution is 5.53. The molecule has 1 aliphatic heterocycles. The van der Waals surface area contributed by atoms with E-state index in [2.05, 4.69) is 81.3 Å². The molecule has 3 rings (SSSR count). The maximum atomic E-state index is 4.67. The van der Waals surface area contributed by atoms with Gasteiger partial charge in [0.15, 0.2) is 0 Å². The van der Waals surface area contributed by atoms with Crippen LogP contribution in [0.15, 0.2) is 30.3 Å². The minimum absolute atomic E-state index is 0.823. The van der Waals surface area contributed by atoms with Crippen molar-refractivity contribution in [1.82, 2.24) is 14.9 Å². The summed E-state index contributed by atoms with van der Waals surface area (Å²) >= 11 is 0. The van der Waals surface area contributed by atoms with Crippen LogP contribution in [0.1, 0.15) is 17.8 Å². The van der Waals surface area contributed by atoms with E-state index in [-0.39, 0.29) is 0 Å². The molecule has 6 heteroatoms. The van der Waals surface area contributed by atoms with Gasteiger partial charge in [0, 0.05) is 44.5 Å². The van der Waals surface area contributed by atoms with Crippen LogP contribution in [0.2, 0.25) is 0 Å². The number of aromatic nitrogens is 2. The summed E-state index contributed by atoms with van der Waals surface area (Å²) in [5, 5.41) is 3.45. The third-order valence-electron chi connectivity index (χ3n) is 4.88. The number of anilines is 3. The lowest BCUT2D eigenvalue weighted by Crippen LogP contribution is -2.47. The van der Waals surface area contributed by atoms with Crippen molar-refractivity contribution in [2.45, 2.75) is 20.3 Å². The molecule has 0 saturated carbocycles. The van der Waals surface area contributed by atoms with Crippen molar-refractivity contribution in [3.8, 4) is 0 Å². The summed E-state index contributed by atoms with van der Waals surface area (Å²) in [7, 11) is 4.20. The molecule has 0 bridgehead atoms. The molecule has 0 unspecified atom stereocenters. The molecule has 1 saturated heterocycles. The van der Waals surface area contributed by atoms with Gasteiger partial charge < -0.3 is 20.0 Å². The fourth-order valence-corrected chi connectivity index (χ4v) is 3.43. The van der Waals surface area contributed by atoms with Gasteiger partial charge in [0.05, 0.1) is 0 Å². The molecule has 2 aromatic rings. The molecule has 0 aliphatic carbocycles. The molecule has 0 radical (unpaired) electrons. The molecule has 146 valence electrons. The molecule has 1 fully saturated rings. The van der Waals surface area contributed by atoms with E-state index in [0.29, 0.717) is 0 Å². The third-order valence-corrected chi connectivity index (χ3v) is 4.88. The Kier molecular flexibility index (Phi) is 6.50. The number of rotatable bonds is 7. The summed E-state index contributed by atoms with van der Waals surface area (Å²) in [5.74, 6) is 2.78. The summed E-state index contributed by atoms with van der Waals surface area (Å²) in [6.07, 6.45) is 1.10. The molecule has 1 aromatic heterocycles. The maximum Gasteiger partial charge on any atom is 0.134 e. The molecule has 6 nitrogen and oxygen atoms in total. The summed E-state index contributed by atoms with van der Waals surface area (Å²) in [6, 6.07) is 10.8. The molecular formula is C21H32N6. The van der Waals surface area contributed by atoms with E-state index < -0.39 is 0 Å². The summed E-state index contributed by atoms with van der Waals surface area (Å²) in [6.45, 7) is 10.1. The third kappa shape index (κ3) is 5.57. The fraction of sp³-hybridized carbons (Fsp3) is 0.524. The van der Waals surface area contributed by atoms with E-state index in [1.54, 1.807) is 0 Å². The van der Waals surface area contributed by atoms with Crippen molar-refractivity contribution in [3.05, 3.63) is 41.7 Å². The molecule has 0 spiro atoms. The van der Waals surface area contributed by atoms with Crippen LogP contribution in [0, 0.1) is 13.8 Å². The highest BCUT2D eigenvalue weighted by Gasteiger charge is 2.19. The zero-order valence-corrected chi connectivity index (χ0v) is 17.1. The van der Waals surface area contributed by atoms with Gasteiger partial charge in [-0.25, -0.2) is 9.97 Å². The highest BCUT2D eigenvalue weighted by atomic mass is 15.3. The Morgan fingerprint density at radius 3 is 2.44 bits per heavy atom. The first kappa shape index (κ1) is 19.4. The SMILES string of the molecule is Cc1cccc(N2CCN(c3cc(NCCCN(C)C)nc(C)n3)CC2)c1. The summed E-state index contributed by atoms with van der Waals surface area (Å²) < 4.78 is 0. The van der Waals surface area contributed by atoms with Crippen molar-refractivity contribution in [1.29, 1.82) is 0 Å². The van der Waals surface area contributed by atoms with E-state index in [4.69, 9.17) is 0 Å². The minimum atomic E-state index is 0.823. The highest BCUT2D eigenvalue weighted by Crippen LogP contribution is 2.21. The Bertz CT molecular complexity index is 737. The van der Waals surface area contributed by atoms with E-state index in [9.17, 15) is 0 Å². The van der Waals surface area contributed by atoms with Crippen LogP contribution in [0.3, 0.4) is 0 Å². The van der Waals surface area contributed by atoms with Crippen LogP contribution in [0.5, 0.6) is 0 Å². The number of hydrogen-bond acceptors (Lipinski definition) is 6. The van der Waals surface area contributed by atoms with Gasteiger partial charge in [-0.1, -0.05) is 12.1 Å². The lowest BCUT2D eigenvalue weighted by molar-refractivity contribution is 0.405. The van der Waals surface area contributed by atoms with Gasteiger partial charge in [-0.15, -0.1) is 0 Å². The van der Waals surface area contributed by atoms with Gasteiger partial charge in [-0.3, -0.25) is 0 Å². The monoisotopic (exact) mass is 368 g/mol. The van der Waals surface area contributed by atoms with Crippen molar-refractivity contribution in [2.24, 2.45) is 0 Å². The molecule has 27 heavy (non-hydrogen) atoms. The lowest BCUT2D eigenvalue weighted by Gasteiger charge is -2.37. The number of nitrogens with zero attached hydrogens (tertiary/aromatic N) is 5. The van der Waals surface area contributed by atoms with Crippen molar-refractivity contribution in [2.75, 3.05) is 68.5 Å². The zero-order chi connectivity index (χ0) is 19.2. The molecular weight excluding hydrogens is 336 g/mol.